The lowest BCUT2D eigenvalue weighted by molar-refractivity contribution is -0.0549. The van der Waals surface area contributed by atoms with E-state index in [1.807, 2.05) is 4.98 Å². The van der Waals surface area contributed by atoms with Gasteiger partial charge in [-0.05, 0) is 0 Å². The van der Waals surface area contributed by atoms with Crippen LogP contribution >= 0.6 is 12.4 Å². The summed E-state index contributed by atoms with van der Waals surface area (Å²) in [6.07, 6.45) is -3.96. The van der Waals surface area contributed by atoms with Gasteiger partial charge in [0.15, 0.2) is 6.23 Å². The van der Waals surface area contributed by atoms with Crippen molar-refractivity contribution in [2.24, 2.45) is 0 Å². The zero-order valence-corrected chi connectivity index (χ0v) is 10.4. The molecule has 1 aromatic rings. The van der Waals surface area contributed by atoms with Gasteiger partial charge in [-0.15, -0.1) is 12.4 Å². The average molecular weight is 296 g/mol. The van der Waals surface area contributed by atoms with Crippen molar-refractivity contribution in [1.29, 1.82) is 0 Å². The lowest BCUT2D eigenvalue weighted by atomic mass is 10.1. The third-order valence-corrected chi connectivity index (χ3v) is 2.79. The smallest absolute Gasteiger partial charge is 0.330 e. The van der Waals surface area contributed by atoms with Crippen LogP contribution in [0.1, 0.15) is 6.23 Å². The van der Waals surface area contributed by atoms with E-state index in [0.29, 0.717) is 0 Å². The molecule has 0 aliphatic carbocycles. The molecule has 0 aromatic carbocycles. The molecule has 0 saturated carbocycles. The molecule has 0 spiro atoms. The van der Waals surface area contributed by atoms with Crippen molar-refractivity contribution in [3.05, 3.63) is 27.0 Å². The Morgan fingerprint density at radius 1 is 1.37 bits per heavy atom. The zero-order chi connectivity index (χ0) is 13.4. The molecule has 6 N–H and O–H groups in total. The van der Waals surface area contributed by atoms with E-state index in [0.717, 1.165) is 10.8 Å². The maximum atomic E-state index is 11.5. The highest BCUT2D eigenvalue weighted by molar-refractivity contribution is 5.85. The van der Waals surface area contributed by atoms with Gasteiger partial charge < -0.3 is 25.8 Å². The Morgan fingerprint density at radius 3 is 2.53 bits per heavy atom. The number of nitrogens with two attached hydrogens (primary N) is 1. The molecule has 2 heterocycles. The SMILES string of the molecule is Cl.Nc1cn(C2OC(CO)C(O)C2O)c(=O)[nH]c1=O. The Hall–Kier alpha value is -1.39. The zero-order valence-electron chi connectivity index (χ0n) is 9.59. The van der Waals surface area contributed by atoms with Gasteiger partial charge in [0, 0.05) is 6.20 Å². The topological polar surface area (TPSA) is 151 Å². The van der Waals surface area contributed by atoms with Gasteiger partial charge in [0.25, 0.3) is 5.56 Å². The van der Waals surface area contributed by atoms with Crippen molar-refractivity contribution in [1.82, 2.24) is 9.55 Å². The third-order valence-electron chi connectivity index (χ3n) is 2.79. The minimum Gasteiger partial charge on any atom is -0.394 e. The number of ether oxygens (including phenoxy) is 1. The van der Waals surface area contributed by atoms with E-state index in [1.165, 1.54) is 0 Å². The predicted octanol–water partition coefficient (Wildman–Crippen LogP) is -2.85. The number of nitrogens with zero attached hydrogens (tertiary/aromatic N) is 1. The summed E-state index contributed by atoms with van der Waals surface area (Å²) in [5.41, 5.74) is 3.55. The molecule has 0 bridgehead atoms. The fourth-order valence-corrected chi connectivity index (χ4v) is 1.80. The molecular formula is C9H14ClN3O6. The molecule has 19 heavy (non-hydrogen) atoms. The number of nitrogens with one attached hydrogen (secondary N) is 1. The van der Waals surface area contributed by atoms with E-state index in [1.54, 1.807) is 0 Å². The number of aliphatic hydroxyl groups is 3. The van der Waals surface area contributed by atoms with Crippen molar-refractivity contribution in [2.45, 2.75) is 24.5 Å². The lowest BCUT2D eigenvalue weighted by Gasteiger charge is -2.17. The number of nitrogen functional groups attached to an aromatic ring is 1. The van der Waals surface area contributed by atoms with Gasteiger partial charge in [0.05, 0.1) is 6.61 Å². The number of H-pyrrole nitrogens is 1. The Balaban J connectivity index is 0.00000180. The molecule has 1 aliphatic heterocycles. The van der Waals surface area contributed by atoms with E-state index < -0.39 is 42.4 Å². The first-order chi connectivity index (χ1) is 8.45. The van der Waals surface area contributed by atoms with Crippen molar-refractivity contribution >= 4 is 18.1 Å². The number of halogens is 1. The molecule has 2 rings (SSSR count). The first-order valence-electron chi connectivity index (χ1n) is 5.19. The summed E-state index contributed by atoms with van der Waals surface area (Å²) in [7, 11) is 0. The van der Waals surface area contributed by atoms with E-state index in [2.05, 4.69) is 0 Å². The Morgan fingerprint density at radius 2 is 2.00 bits per heavy atom. The van der Waals surface area contributed by atoms with Gasteiger partial charge >= 0.3 is 5.69 Å². The number of aromatic amines is 1. The summed E-state index contributed by atoms with van der Waals surface area (Å²) >= 11 is 0. The van der Waals surface area contributed by atoms with Crippen LogP contribution in [0.3, 0.4) is 0 Å². The van der Waals surface area contributed by atoms with Gasteiger partial charge in [-0.25, -0.2) is 4.79 Å². The number of hydrogen-bond acceptors (Lipinski definition) is 7. The highest BCUT2D eigenvalue weighted by Gasteiger charge is 2.43. The molecule has 0 amide bonds. The lowest BCUT2D eigenvalue weighted by Crippen LogP contribution is -2.38. The normalized spacial score (nSPS) is 30.1. The first kappa shape index (κ1) is 15.7. The molecule has 0 radical (unpaired) electrons. The van der Waals surface area contributed by atoms with Crippen LogP contribution in [0.25, 0.3) is 0 Å². The van der Waals surface area contributed by atoms with E-state index in [9.17, 15) is 19.8 Å². The van der Waals surface area contributed by atoms with Crippen molar-refractivity contribution in [3.8, 4) is 0 Å². The predicted molar refractivity (Wildman–Crippen MR) is 66.0 cm³/mol. The number of aromatic nitrogens is 2. The van der Waals surface area contributed by atoms with Crippen LogP contribution in [0.15, 0.2) is 15.8 Å². The Kier molecular flexibility index (Phi) is 4.71. The minimum atomic E-state index is -1.41. The largest absolute Gasteiger partial charge is 0.394 e. The third kappa shape index (κ3) is 2.65. The van der Waals surface area contributed by atoms with Crippen LogP contribution in [0.2, 0.25) is 0 Å². The first-order valence-corrected chi connectivity index (χ1v) is 5.19. The number of hydrogen-bond donors (Lipinski definition) is 5. The minimum absolute atomic E-state index is 0. The molecule has 1 saturated heterocycles. The summed E-state index contributed by atoms with van der Waals surface area (Å²) in [5, 5.41) is 28.2. The summed E-state index contributed by atoms with van der Waals surface area (Å²) in [5.74, 6) is 0. The summed E-state index contributed by atoms with van der Waals surface area (Å²) in [6, 6.07) is 0. The molecule has 9 nitrogen and oxygen atoms in total. The van der Waals surface area contributed by atoms with Crippen LogP contribution in [0.5, 0.6) is 0 Å². The maximum Gasteiger partial charge on any atom is 0.330 e. The second-order valence-electron chi connectivity index (χ2n) is 3.98. The summed E-state index contributed by atoms with van der Waals surface area (Å²) in [4.78, 5) is 24.6. The van der Waals surface area contributed by atoms with Crippen LogP contribution < -0.4 is 17.0 Å². The highest BCUT2D eigenvalue weighted by Crippen LogP contribution is 2.27. The highest BCUT2D eigenvalue weighted by atomic mass is 35.5. The fraction of sp³-hybridized carbons (Fsp3) is 0.556. The van der Waals surface area contributed by atoms with Crippen LogP contribution in [0.4, 0.5) is 5.69 Å². The van der Waals surface area contributed by atoms with Crippen molar-refractivity contribution in [3.63, 3.8) is 0 Å². The molecule has 10 heteroatoms. The van der Waals surface area contributed by atoms with E-state index in [4.69, 9.17) is 15.6 Å². The van der Waals surface area contributed by atoms with E-state index in [-0.39, 0.29) is 18.1 Å². The van der Waals surface area contributed by atoms with Gasteiger partial charge in [-0.1, -0.05) is 0 Å². The molecule has 4 atom stereocenters. The average Bonchev–Trinajstić information content (AvgIpc) is 2.61. The van der Waals surface area contributed by atoms with Crippen LogP contribution in [-0.2, 0) is 4.74 Å². The van der Waals surface area contributed by atoms with Crippen molar-refractivity contribution < 1.29 is 20.1 Å². The van der Waals surface area contributed by atoms with Crippen molar-refractivity contribution in [2.75, 3.05) is 12.3 Å². The van der Waals surface area contributed by atoms with Gasteiger partial charge in [-0.3, -0.25) is 14.3 Å². The monoisotopic (exact) mass is 295 g/mol. The summed E-state index contributed by atoms with van der Waals surface area (Å²) < 4.78 is 5.99. The Labute approximate surface area is 112 Å². The maximum absolute atomic E-state index is 11.5. The van der Waals surface area contributed by atoms with Gasteiger partial charge in [-0.2, -0.15) is 0 Å². The van der Waals surface area contributed by atoms with Crippen LogP contribution in [0, 0.1) is 0 Å². The molecular weight excluding hydrogens is 282 g/mol. The number of rotatable bonds is 2. The number of anilines is 1. The second kappa shape index (κ2) is 5.72. The standard InChI is InChI=1S/C9H13N3O6.ClH/c10-3-1-12(9(17)11-7(3)16)8-6(15)5(14)4(2-13)18-8;/h1,4-6,8,13-15H,2,10H2,(H,11,16,17);1H. The van der Waals surface area contributed by atoms with Gasteiger partial charge in [0.1, 0.15) is 24.0 Å². The molecule has 1 fully saturated rings. The molecule has 108 valence electrons. The second-order valence-corrected chi connectivity index (χ2v) is 3.98. The Bertz CT molecular complexity index is 558. The molecule has 4 unspecified atom stereocenters. The van der Waals surface area contributed by atoms with E-state index >= 15 is 0 Å². The van der Waals surface area contributed by atoms with Gasteiger partial charge in [0.2, 0.25) is 0 Å². The molecule has 1 aromatic heterocycles. The fourth-order valence-electron chi connectivity index (χ4n) is 1.80. The molecule has 1 aliphatic rings. The summed E-state index contributed by atoms with van der Waals surface area (Å²) in [6.45, 7) is -0.512. The quantitative estimate of drug-likeness (QED) is 0.394. The number of aliphatic hydroxyl groups excluding tert-OH is 3. The van der Waals surface area contributed by atoms with Crippen LogP contribution in [-0.4, -0.2) is 49.8 Å².